The highest BCUT2D eigenvalue weighted by Crippen LogP contribution is 2.32. The fourth-order valence-corrected chi connectivity index (χ4v) is 3.63. The molecule has 5 heteroatoms. The van der Waals surface area contributed by atoms with Gasteiger partial charge in [-0.2, -0.15) is 0 Å². The number of carbonyl (C=O) groups excluding carboxylic acids is 1. The van der Waals surface area contributed by atoms with Gasteiger partial charge in [0.25, 0.3) is 5.91 Å². The van der Waals surface area contributed by atoms with Crippen LogP contribution in [-0.2, 0) is 11.3 Å². The molecule has 1 aromatic heterocycles. The lowest BCUT2D eigenvalue weighted by Crippen LogP contribution is -2.46. The molecule has 1 amide bonds. The van der Waals surface area contributed by atoms with Crippen LogP contribution < -0.4 is 14.4 Å². The van der Waals surface area contributed by atoms with Crippen LogP contribution in [0.2, 0.25) is 0 Å². The molecule has 0 fully saturated rings. The van der Waals surface area contributed by atoms with E-state index in [9.17, 15) is 4.79 Å². The lowest BCUT2D eigenvalue weighted by molar-refractivity contribution is -0.127. The van der Waals surface area contributed by atoms with Gasteiger partial charge >= 0.3 is 0 Å². The summed E-state index contributed by atoms with van der Waals surface area (Å²) in [4.78, 5) is 15.1. The van der Waals surface area contributed by atoms with E-state index in [1.165, 1.54) is 0 Å². The third kappa shape index (κ3) is 4.03. The first kappa shape index (κ1) is 19.0. The van der Waals surface area contributed by atoms with E-state index in [1.807, 2.05) is 72.8 Å². The van der Waals surface area contributed by atoms with Crippen molar-refractivity contribution in [3.63, 3.8) is 0 Å². The highest BCUT2D eigenvalue weighted by atomic mass is 16.6. The maximum atomic E-state index is 13.5. The topological polar surface area (TPSA) is 51.9 Å². The minimum absolute atomic E-state index is 0.159. The molecule has 1 atom stereocenters. The van der Waals surface area contributed by atoms with Gasteiger partial charge in [-0.05, 0) is 47.5 Å². The summed E-state index contributed by atoms with van der Waals surface area (Å²) in [6, 6.07) is 29.1. The van der Waals surface area contributed by atoms with E-state index in [-0.39, 0.29) is 12.5 Å². The SMILES string of the molecule is O=C([C@@H]1COc2ccccc2O1)N(Cc1ccco1)c1ccc(-c2ccccc2)cc1. The Morgan fingerprint density at radius 3 is 2.26 bits per heavy atom. The first-order valence-corrected chi connectivity index (χ1v) is 10.2. The number of nitrogens with zero attached hydrogens (tertiary/aromatic N) is 1. The maximum Gasteiger partial charge on any atom is 0.272 e. The van der Waals surface area contributed by atoms with Gasteiger partial charge in [0.1, 0.15) is 12.4 Å². The average Bonchev–Trinajstić information content (AvgIpc) is 3.36. The van der Waals surface area contributed by atoms with Crippen LogP contribution in [0.25, 0.3) is 11.1 Å². The second-order valence-corrected chi connectivity index (χ2v) is 7.28. The number of rotatable bonds is 5. The van der Waals surface area contributed by atoms with Gasteiger partial charge in [-0.3, -0.25) is 4.79 Å². The Balaban J connectivity index is 1.42. The van der Waals surface area contributed by atoms with Crippen LogP contribution in [0.1, 0.15) is 5.76 Å². The Bertz CT molecular complexity index is 1150. The van der Waals surface area contributed by atoms with Crippen LogP contribution in [0, 0.1) is 0 Å². The van der Waals surface area contributed by atoms with Crippen molar-refractivity contribution in [2.45, 2.75) is 12.6 Å². The molecule has 3 aromatic carbocycles. The van der Waals surface area contributed by atoms with Gasteiger partial charge in [0.05, 0.1) is 12.8 Å². The quantitative estimate of drug-likeness (QED) is 0.446. The molecular weight excluding hydrogens is 390 g/mol. The molecule has 0 aliphatic carbocycles. The Kier molecular flexibility index (Phi) is 5.15. The smallest absolute Gasteiger partial charge is 0.272 e. The summed E-state index contributed by atoms with van der Waals surface area (Å²) in [5.41, 5.74) is 2.98. The van der Waals surface area contributed by atoms with Crippen molar-refractivity contribution >= 4 is 11.6 Å². The molecule has 0 saturated heterocycles. The van der Waals surface area contributed by atoms with Gasteiger partial charge in [-0.25, -0.2) is 0 Å². The summed E-state index contributed by atoms with van der Waals surface area (Å²) in [5, 5.41) is 0. The number of carbonyl (C=O) groups is 1. The van der Waals surface area contributed by atoms with Gasteiger partial charge in [0.15, 0.2) is 11.5 Å². The van der Waals surface area contributed by atoms with Gasteiger partial charge < -0.3 is 18.8 Å². The molecule has 1 aliphatic rings. The predicted molar refractivity (Wildman–Crippen MR) is 118 cm³/mol. The number of ether oxygens (including phenoxy) is 2. The van der Waals surface area contributed by atoms with Crippen LogP contribution in [0.5, 0.6) is 11.5 Å². The minimum atomic E-state index is -0.737. The van der Waals surface area contributed by atoms with E-state index in [1.54, 1.807) is 17.2 Å². The highest BCUT2D eigenvalue weighted by Gasteiger charge is 2.32. The van der Waals surface area contributed by atoms with Crippen molar-refractivity contribution in [3.05, 3.63) is 103 Å². The van der Waals surface area contributed by atoms with E-state index in [2.05, 4.69) is 12.1 Å². The fraction of sp³-hybridized carbons (Fsp3) is 0.115. The van der Waals surface area contributed by atoms with Crippen molar-refractivity contribution < 1.29 is 18.7 Å². The minimum Gasteiger partial charge on any atom is -0.485 e. The molecule has 0 saturated carbocycles. The molecule has 154 valence electrons. The molecule has 0 N–H and O–H groups in total. The van der Waals surface area contributed by atoms with Gasteiger partial charge in [0, 0.05) is 5.69 Å². The number of benzene rings is 3. The zero-order chi connectivity index (χ0) is 21.0. The van der Waals surface area contributed by atoms with E-state index in [0.29, 0.717) is 23.8 Å². The first-order chi connectivity index (χ1) is 15.3. The van der Waals surface area contributed by atoms with Crippen molar-refractivity contribution in [1.82, 2.24) is 0 Å². The van der Waals surface area contributed by atoms with Crippen molar-refractivity contribution in [2.75, 3.05) is 11.5 Å². The summed E-state index contributed by atoms with van der Waals surface area (Å²) in [5.74, 6) is 1.73. The highest BCUT2D eigenvalue weighted by molar-refractivity contribution is 5.97. The molecule has 0 radical (unpaired) electrons. The lowest BCUT2D eigenvalue weighted by Gasteiger charge is -2.30. The van der Waals surface area contributed by atoms with Crippen LogP contribution in [0.15, 0.2) is 102 Å². The number of furan rings is 1. The maximum absolute atomic E-state index is 13.5. The second-order valence-electron chi connectivity index (χ2n) is 7.28. The van der Waals surface area contributed by atoms with Gasteiger partial charge in [-0.15, -0.1) is 0 Å². The van der Waals surface area contributed by atoms with Crippen LogP contribution in [0.3, 0.4) is 0 Å². The molecule has 2 heterocycles. The molecular formula is C26H21NO4. The van der Waals surface area contributed by atoms with Crippen molar-refractivity contribution in [1.29, 1.82) is 0 Å². The molecule has 5 rings (SSSR count). The largest absolute Gasteiger partial charge is 0.485 e. The Hall–Kier alpha value is -3.99. The Labute approximate surface area is 180 Å². The van der Waals surface area contributed by atoms with Crippen molar-refractivity contribution in [3.8, 4) is 22.6 Å². The normalized spacial score (nSPS) is 14.8. The second kappa shape index (κ2) is 8.40. The summed E-state index contributed by atoms with van der Waals surface area (Å²) in [6.07, 6.45) is 0.867. The van der Waals surface area contributed by atoms with E-state index >= 15 is 0 Å². The van der Waals surface area contributed by atoms with Crippen molar-refractivity contribution in [2.24, 2.45) is 0 Å². The zero-order valence-electron chi connectivity index (χ0n) is 16.8. The average molecular weight is 411 g/mol. The number of anilines is 1. The molecule has 1 aliphatic heterocycles. The van der Waals surface area contributed by atoms with Gasteiger partial charge in [0.2, 0.25) is 6.10 Å². The molecule has 0 spiro atoms. The van der Waals surface area contributed by atoms with E-state index < -0.39 is 6.10 Å². The van der Waals surface area contributed by atoms with Crippen LogP contribution in [0.4, 0.5) is 5.69 Å². The van der Waals surface area contributed by atoms with Crippen LogP contribution in [-0.4, -0.2) is 18.6 Å². The Morgan fingerprint density at radius 1 is 0.806 bits per heavy atom. The number of hydrogen-bond acceptors (Lipinski definition) is 4. The Morgan fingerprint density at radius 2 is 1.52 bits per heavy atom. The van der Waals surface area contributed by atoms with E-state index in [4.69, 9.17) is 13.9 Å². The monoisotopic (exact) mass is 411 g/mol. The number of fused-ring (bicyclic) bond motifs is 1. The van der Waals surface area contributed by atoms with E-state index in [0.717, 1.165) is 16.8 Å². The zero-order valence-corrected chi connectivity index (χ0v) is 16.8. The fourth-order valence-electron chi connectivity index (χ4n) is 3.63. The molecule has 31 heavy (non-hydrogen) atoms. The predicted octanol–water partition coefficient (Wildman–Crippen LogP) is 5.32. The van der Waals surface area contributed by atoms with Gasteiger partial charge in [-0.1, -0.05) is 54.6 Å². The third-order valence-corrected chi connectivity index (χ3v) is 5.23. The summed E-state index contributed by atoms with van der Waals surface area (Å²) in [7, 11) is 0. The third-order valence-electron chi connectivity index (χ3n) is 5.23. The summed E-state index contributed by atoms with van der Waals surface area (Å²) in [6.45, 7) is 0.463. The van der Waals surface area contributed by atoms with Crippen LogP contribution >= 0.6 is 0 Å². The molecule has 0 unspecified atom stereocenters. The number of amides is 1. The molecule has 5 nitrogen and oxygen atoms in total. The lowest BCUT2D eigenvalue weighted by atomic mass is 10.1. The standard InChI is InChI=1S/C26H21NO4/c28-26(25-18-30-23-10-4-5-11-24(23)31-25)27(17-22-9-6-16-29-22)21-14-12-20(13-15-21)19-7-2-1-3-8-19/h1-16,25H,17-18H2/t25-/m0/s1. The molecule has 4 aromatic rings. The number of para-hydroxylation sites is 2. The summed E-state index contributed by atoms with van der Waals surface area (Å²) < 4.78 is 17.2. The first-order valence-electron chi connectivity index (χ1n) is 10.2. The summed E-state index contributed by atoms with van der Waals surface area (Å²) >= 11 is 0. The molecule has 0 bridgehead atoms. The number of hydrogen-bond donors (Lipinski definition) is 0.